The van der Waals surface area contributed by atoms with Crippen molar-refractivity contribution in [2.75, 3.05) is 0 Å². The molecule has 2 rings (SSSR count). The van der Waals surface area contributed by atoms with Crippen molar-refractivity contribution in [3.05, 3.63) is 58.6 Å². The lowest BCUT2D eigenvalue weighted by Crippen LogP contribution is -2.01. The van der Waals surface area contributed by atoms with Gasteiger partial charge in [-0.25, -0.2) is 0 Å². The van der Waals surface area contributed by atoms with Crippen molar-refractivity contribution < 1.29 is 9.59 Å². The van der Waals surface area contributed by atoms with Crippen LogP contribution in [0.3, 0.4) is 0 Å². The third-order valence-corrected chi connectivity index (χ3v) is 3.13. The zero-order valence-electron chi connectivity index (χ0n) is 9.81. The zero-order valence-corrected chi connectivity index (χ0v) is 10.6. The first-order chi connectivity index (χ1) is 8.65. The Morgan fingerprint density at radius 3 is 2.33 bits per heavy atom. The van der Waals surface area contributed by atoms with Gasteiger partial charge in [0, 0.05) is 16.7 Å². The molecule has 0 spiro atoms. The molecule has 0 saturated heterocycles. The number of hydrogen-bond acceptors (Lipinski definition) is 2. The van der Waals surface area contributed by atoms with Crippen molar-refractivity contribution in [1.82, 2.24) is 0 Å². The Kier molecular flexibility index (Phi) is 3.58. The molecule has 0 N–H and O–H groups in total. The molecule has 0 saturated carbocycles. The van der Waals surface area contributed by atoms with Crippen molar-refractivity contribution in [3.8, 4) is 11.1 Å². The molecule has 2 aromatic rings. The Bertz CT molecular complexity index is 603. The number of Topliss-reactive ketones (excluding diaryl/α,β-unsaturated/α-hetero) is 1. The summed E-state index contributed by atoms with van der Waals surface area (Å²) < 4.78 is 0. The molecule has 0 fully saturated rings. The first kappa shape index (κ1) is 12.5. The number of aldehydes is 1. The molecule has 0 aliphatic carbocycles. The average Bonchev–Trinajstić information content (AvgIpc) is 2.38. The number of carbonyl (C=O) groups is 2. The molecule has 90 valence electrons. The third kappa shape index (κ3) is 2.20. The summed E-state index contributed by atoms with van der Waals surface area (Å²) in [5, 5.41) is 0.332. The first-order valence-corrected chi connectivity index (χ1v) is 5.87. The van der Waals surface area contributed by atoms with Crippen LogP contribution in [-0.4, -0.2) is 12.1 Å². The van der Waals surface area contributed by atoms with E-state index < -0.39 is 0 Å². The molecule has 0 amide bonds. The van der Waals surface area contributed by atoms with Crippen LogP contribution in [0.5, 0.6) is 0 Å². The fourth-order valence-electron chi connectivity index (χ4n) is 1.89. The van der Waals surface area contributed by atoms with Crippen LogP contribution in [0, 0.1) is 0 Å². The third-order valence-electron chi connectivity index (χ3n) is 2.74. The minimum absolute atomic E-state index is 0.208. The zero-order chi connectivity index (χ0) is 13.1. The highest BCUT2D eigenvalue weighted by Crippen LogP contribution is 2.32. The van der Waals surface area contributed by atoms with E-state index in [1.54, 1.807) is 12.1 Å². The van der Waals surface area contributed by atoms with Gasteiger partial charge in [-0.2, -0.15) is 0 Å². The normalized spacial score (nSPS) is 10.1. The lowest BCUT2D eigenvalue weighted by molar-refractivity contribution is 0.101. The Morgan fingerprint density at radius 1 is 1.11 bits per heavy atom. The van der Waals surface area contributed by atoms with Crippen LogP contribution in [0.1, 0.15) is 27.6 Å². The van der Waals surface area contributed by atoms with Gasteiger partial charge in [-0.1, -0.05) is 54.1 Å². The molecule has 0 heterocycles. The predicted molar refractivity (Wildman–Crippen MR) is 72.3 cm³/mol. The molecule has 0 bridgehead atoms. The average molecular weight is 259 g/mol. The van der Waals surface area contributed by atoms with Gasteiger partial charge in [-0.3, -0.25) is 9.59 Å². The maximum atomic E-state index is 11.6. The van der Waals surface area contributed by atoms with Gasteiger partial charge in [0.05, 0.1) is 5.02 Å². The summed E-state index contributed by atoms with van der Waals surface area (Å²) in [6, 6.07) is 12.9. The lowest BCUT2D eigenvalue weighted by Gasteiger charge is -2.10. The van der Waals surface area contributed by atoms with Crippen molar-refractivity contribution >= 4 is 23.7 Å². The van der Waals surface area contributed by atoms with Crippen molar-refractivity contribution in [2.24, 2.45) is 0 Å². The Labute approximate surface area is 110 Å². The van der Waals surface area contributed by atoms with Gasteiger partial charge >= 0.3 is 0 Å². The molecule has 0 radical (unpaired) electrons. The maximum Gasteiger partial charge on any atom is 0.162 e. The summed E-state index contributed by atoms with van der Waals surface area (Å²) in [4.78, 5) is 22.5. The minimum Gasteiger partial charge on any atom is -0.298 e. The Morgan fingerprint density at radius 2 is 1.78 bits per heavy atom. The molecule has 0 unspecified atom stereocenters. The molecule has 2 aromatic carbocycles. The Hall–Kier alpha value is -1.93. The minimum atomic E-state index is -0.208. The summed E-state index contributed by atoms with van der Waals surface area (Å²) in [5.41, 5.74) is 2.29. The quantitative estimate of drug-likeness (QED) is 0.615. The first-order valence-electron chi connectivity index (χ1n) is 5.49. The van der Waals surface area contributed by atoms with E-state index in [0.717, 1.165) is 11.1 Å². The van der Waals surface area contributed by atoms with E-state index in [1.807, 2.05) is 30.3 Å². The molecule has 2 nitrogen and oxygen atoms in total. The number of rotatable bonds is 3. The summed E-state index contributed by atoms with van der Waals surface area (Å²) in [5.74, 6) is -0.208. The smallest absolute Gasteiger partial charge is 0.162 e. The highest BCUT2D eigenvalue weighted by molar-refractivity contribution is 6.37. The summed E-state index contributed by atoms with van der Waals surface area (Å²) in [7, 11) is 0. The monoisotopic (exact) mass is 258 g/mol. The number of hydrogen-bond donors (Lipinski definition) is 0. The predicted octanol–water partition coefficient (Wildman–Crippen LogP) is 4.02. The van der Waals surface area contributed by atoms with Crippen LogP contribution in [0.4, 0.5) is 0 Å². The van der Waals surface area contributed by atoms with Gasteiger partial charge in [0.1, 0.15) is 0 Å². The van der Waals surface area contributed by atoms with Crippen LogP contribution in [0.15, 0.2) is 42.5 Å². The highest BCUT2D eigenvalue weighted by atomic mass is 35.5. The summed E-state index contributed by atoms with van der Waals surface area (Å²) >= 11 is 6.24. The Balaban J connectivity index is 2.69. The molecule has 0 aliphatic rings. The largest absolute Gasteiger partial charge is 0.298 e. The van der Waals surface area contributed by atoms with Gasteiger partial charge in [-0.15, -0.1) is 0 Å². The standard InChI is InChI=1S/C15H11ClO2/c1-10(18)14-12(9-17)7-8-13(15(14)16)11-5-3-2-4-6-11/h2-9H,1H3. The van der Waals surface area contributed by atoms with Gasteiger partial charge in [0.15, 0.2) is 12.1 Å². The van der Waals surface area contributed by atoms with Gasteiger partial charge < -0.3 is 0 Å². The van der Waals surface area contributed by atoms with Crippen LogP contribution in [0.2, 0.25) is 5.02 Å². The fraction of sp³-hybridized carbons (Fsp3) is 0.0667. The summed E-state index contributed by atoms with van der Waals surface area (Å²) in [6.45, 7) is 1.41. The van der Waals surface area contributed by atoms with E-state index in [2.05, 4.69) is 0 Å². The van der Waals surface area contributed by atoms with Crippen LogP contribution < -0.4 is 0 Å². The van der Waals surface area contributed by atoms with Crippen molar-refractivity contribution in [3.63, 3.8) is 0 Å². The maximum absolute atomic E-state index is 11.6. The molecule has 0 aromatic heterocycles. The lowest BCUT2D eigenvalue weighted by atomic mass is 9.97. The van der Waals surface area contributed by atoms with E-state index in [-0.39, 0.29) is 11.3 Å². The van der Waals surface area contributed by atoms with Crippen molar-refractivity contribution in [2.45, 2.75) is 6.92 Å². The SMILES string of the molecule is CC(=O)c1c(C=O)ccc(-c2ccccc2)c1Cl. The fourth-order valence-corrected chi connectivity index (χ4v) is 2.30. The highest BCUT2D eigenvalue weighted by Gasteiger charge is 2.15. The van der Waals surface area contributed by atoms with E-state index in [0.29, 0.717) is 16.9 Å². The number of halogens is 1. The number of carbonyl (C=O) groups excluding carboxylic acids is 2. The second kappa shape index (κ2) is 5.15. The van der Waals surface area contributed by atoms with E-state index in [4.69, 9.17) is 11.6 Å². The molecule has 18 heavy (non-hydrogen) atoms. The number of ketones is 1. The second-order valence-electron chi connectivity index (χ2n) is 3.93. The van der Waals surface area contributed by atoms with E-state index in [9.17, 15) is 9.59 Å². The molecule has 3 heteroatoms. The van der Waals surface area contributed by atoms with Crippen LogP contribution >= 0.6 is 11.6 Å². The molecule has 0 aliphatic heterocycles. The topological polar surface area (TPSA) is 34.1 Å². The molecule has 0 atom stereocenters. The van der Waals surface area contributed by atoms with E-state index in [1.165, 1.54) is 6.92 Å². The van der Waals surface area contributed by atoms with Gasteiger partial charge in [0.2, 0.25) is 0 Å². The van der Waals surface area contributed by atoms with Gasteiger partial charge in [-0.05, 0) is 12.5 Å². The van der Waals surface area contributed by atoms with Gasteiger partial charge in [0.25, 0.3) is 0 Å². The molecular weight excluding hydrogens is 248 g/mol. The van der Waals surface area contributed by atoms with Crippen LogP contribution in [-0.2, 0) is 0 Å². The molecular formula is C15H11ClO2. The van der Waals surface area contributed by atoms with E-state index >= 15 is 0 Å². The van der Waals surface area contributed by atoms with Crippen LogP contribution in [0.25, 0.3) is 11.1 Å². The second-order valence-corrected chi connectivity index (χ2v) is 4.31. The van der Waals surface area contributed by atoms with Crippen molar-refractivity contribution in [1.29, 1.82) is 0 Å². The summed E-state index contributed by atoms with van der Waals surface area (Å²) in [6.07, 6.45) is 0.650. The number of benzene rings is 2.